The van der Waals surface area contributed by atoms with Gasteiger partial charge in [0.1, 0.15) is 0 Å². The number of hydrogen-bond donors (Lipinski definition) is 1. The number of hydrogen-bond acceptors (Lipinski definition) is 2. The van der Waals surface area contributed by atoms with Crippen LogP contribution in [-0.2, 0) is 0 Å². The van der Waals surface area contributed by atoms with Crippen molar-refractivity contribution >= 4 is 0 Å². The van der Waals surface area contributed by atoms with Crippen LogP contribution in [0.1, 0.15) is 52.9 Å². The van der Waals surface area contributed by atoms with Crippen LogP contribution in [0.5, 0.6) is 0 Å². The molecule has 1 saturated carbocycles. The maximum Gasteiger partial charge on any atom is 0.000680 e. The highest BCUT2D eigenvalue weighted by atomic mass is 15.1. The fourth-order valence-electron chi connectivity index (χ4n) is 2.58. The van der Waals surface area contributed by atoms with E-state index in [0.717, 1.165) is 12.5 Å². The average molecular weight is 226 g/mol. The number of nitrogens with zero attached hydrogens (tertiary/aromatic N) is 1. The van der Waals surface area contributed by atoms with Gasteiger partial charge in [0.15, 0.2) is 0 Å². The van der Waals surface area contributed by atoms with Crippen LogP contribution < -0.4 is 5.73 Å². The van der Waals surface area contributed by atoms with Crippen molar-refractivity contribution in [3.8, 4) is 0 Å². The third kappa shape index (κ3) is 3.74. The van der Waals surface area contributed by atoms with Crippen molar-refractivity contribution in [3.05, 3.63) is 0 Å². The van der Waals surface area contributed by atoms with E-state index >= 15 is 0 Å². The van der Waals surface area contributed by atoms with Crippen molar-refractivity contribution in [2.24, 2.45) is 17.1 Å². The molecule has 1 fully saturated rings. The molecule has 0 bridgehead atoms. The van der Waals surface area contributed by atoms with Gasteiger partial charge < -0.3 is 10.6 Å². The predicted molar refractivity (Wildman–Crippen MR) is 71.5 cm³/mol. The smallest absolute Gasteiger partial charge is 0.000680 e. The molecule has 1 unspecified atom stereocenters. The molecule has 2 nitrogen and oxygen atoms in total. The first-order chi connectivity index (χ1) is 7.65. The van der Waals surface area contributed by atoms with Crippen molar-refractivity contribution in [2.75, 3.05) is 26.2 Å². The Morgan fingerprint density at radius 2 is 2.00 bits per heavy atom. The van der Waals surface area contributed by atoms with Gasteiger partial charge in [0.2, 0.25) is 0 Å². The first kappa shape index (κ1) is 14.0. The van der Waals surface area contributed by atoms with E-state index in [9.17, 15) is 0 Å². The monoisotopic (exact) mass is 226 g/mol. The SMILES string of the molecule is CCC(C)CN(CC)CCC1(CN)CCC1. The quantitative estimate of drug-likeness (QED) is 0.689. The van der Waals surface area contributed by atoms with Crippen LogP contribution in [0.3, 0.4) is 0 Å². The Kier molecular flexibility index (Phi) is 5.77. The summed E-state index contributed by atoms with van der Waals surface area (Å²) >= 11 is 0. The van der Waals surface area contributed by atoms with Crippen LogP contribution in [0.15, 0.2) is 0 Å². The number of rotatable bonds is 8. The van der Waals surface area contributed by atoms with Gasteiger partial charge in [0, 0.05) is 6.54 Å². The Morgan fingerprint density at radius 3 is 2.38 bits per heavy atom. The van der Waals surface area contributed by atoms with Crippen LogP contribution in [0.2, 0.25) is 0 Å². The van der Waals surface area contributed by atoms with E-state index < -0.39 is 0 Å². The lowest BCUT2D eigenvalue weighted by atomic mass is 9.66. The molecule has 1 aliphatic rings. The molecule has 0 radical (unpaired) electrons. The molecule has 16 heavy (non-hydrogen) atoms. The molecule has 2 N–H and O–H groups in total. The van der Waals surface area contributed by atoms with Crippen LogP contribution in [0.4, 0.5) is 0 Å². The van der Waals surface area contributed by atoms with Crippen molar-refractivity contribution in [2.45, 2.75) is 52.9 Å². The first-order valence-electron chi connectivity index (χ1n) is 7.08. The summed E-state index contributed by atoms with van der Waals surface area (Å²) in [6, 6.07) is 0. The van der Waals surface area contributed by atoms with Gasteiger partial charge in [-0.3, -0.25) is 0 Å². The molecule has 1 rings (SSSR count). The molecule has 0 heterocycles. The van der Waals surface area contributed by atoms with E-state index in [-0.39, 0.29) is 0 Å². The van der Waals surface area contributed by atoms with Crippen LogP contribution in [-0.4, -0.2) is 31.1 Å². The van der Waals surface area contributed by atoms with Gasteiger partial charge in [-0.2, -0.15) is 0 Å². The van der Waals surface area contributed by atoms with Gasteiger partial charge in [-0.1, -0.05) is 33.6 Å². The van der Waals surface area contributed by atoms with E-state index in [4.69, 9.17) is 5.73 Å². The summed E-state index contributed by atoms with van der Waals surface area (Å²) in [7, 11) is 0. The van der Waals surface area contributed by atoms with E-state index in [1.54, 1.807) is 0 Å². The van der Waals surface area contributed by atoms with Crippen molar-refractivity contribution < 1.29 is 0 Å². The van der Waals surface area contributed by atoms with Gasteiger partial charge >= 0.3 is 0 Å². The molecule has 0 aromatic rings. The molecule has 2 heteroatoms. The number of nitrogens with two attached hydrogens (primary N) is 1. The van der Waals surface area contributed by atoms with Gasteiger partial charge in [0.05, 0.1) is 0 Å². The summed E-state index contributed by atoms with van der Waals surface area (Å²) in [6.45, 7) is 11.5. The second-order valence-corrected chi connectivity index (χ2v) is 5.71. The largest absolute Gasteiger partial charge is 0.330 e. The Hall–Kier alpha value is -0.0800. The molecule has 0 amide bonds. The summed E-state index contributed by atoms with van der Waals surface area (Å²) in [4.78, 5) is 2.60. The lowest BCUT2D eigenvalue weighted by molar-refractivity contribution is 0.103. The minimum Gasteiger partial charge on any atom is -0.330 e. The molecule has 0 aromatic heterocycles. The van der Waals surface area contributed by atoms with E-state index in [1.807, 2.05) is 0 Å². The zero-order valence-electron chi connectivity index (χ0n) is 11.5. The van der Waals surface area contributed by atoms with Gasteiger partial charge in [-0.15, -0.1) is 0 Å². The summed E-state index contributed by atoms with van der Waals surface area (Å²) in [6.07, 6.45) is 6.73. The third-order valence-electron chi connectivity index (χ3n) is 4.52. The van der Waals surface area contributed by atoms with Crippen LogP contribution >= 0.6 is 0 Å². The zero-order chi connectivity index (χ0) is 12.0. The summed E-state index contributed by atoms with van der Waals surface area (Å²) in [5.74, 6) is 0.829. The molecular formula is C14H30N2. The third-order valence-corrected chi connectivity index (χ3v) is 4.52. The molecular weight excluding hydrogens is 196 g/mol. The highest BCUT2D eigenvalue weighted by molar-refractivity contribution is 4.89. The summed E-state index contributed by atoms with van der Waals surface area (Å²) in [5, 5.41) is 0. The molecule has 1 atom stereocenters. The summed E-state index contributed by atoms with van der Waals surface area (Å²) < 4.78 is 0. The highest BCUT2D eigenvalue weighted by Gasteiger charge is 2.35. The maximum absolute atomic E-state index is 5.91. The van der Waals surface area contributed by atoms with Crippen molar-refractivity contribution in [1.29, 1.82) is 0 Å². The van der Waals surface area contributed by atoms with E-state index in [1.165, 1.54) is 51.7 Å². The molecule has 1 aliphatic carbocycles. The van der Waals surface area contributed by atoms with Gasteiger partial charge in [-0.05, 0) is 50.2 Å². The van der Waals surface area contributed by atoms with Crippen molar-refractivity contribution in [1.82, 2.24) is 4.90 Å². The zero-order valence-corrected chi connectivity index (χ0v) is 11.5. The average Bonchev–Trinajstić information content (AvgIpc) is 2.26. The Morgan fingerprint density at radius 1 is 1.31 bits per heavy atom. The highest BCUT2D eigenvalue weighted by Crippen LogP contribution is 2.42. The first-order valence-corrected chi connectivity index (χ1v) is 7.08. The van der Waals surface area contributed by atoms with E-state index in [2.05, 4.69) is 25.7 Å². The molecule has 96 valence electrons. The molecule has 0 spiro atoms. The second kappa shape index (κ2) is 6.61. The van der Waals surface area contributed by atoms with Gasteiger partial charge in [0.25, 0.3) is 0 Å². The summed E-state index contributed by atoms with van der Waals surface area (Å²) in [5.41, 5.74) is 6.42. The molecule has 0 aromatic carbocycles. The van der Waals surface area contributed by atoms with Crippen molar-refractivity contribution in [3.63, 3.8) is 0 Å². The predicted octanol–water partition coefficient (Wildman–Crippen LogP) is 2.87. The Balaban J connectivity index is 2.27. The Bertz CT molecular complexity index is 182. The minimum absolute atomic E-state index is 0.517. The molecule has 0 aliphatic heterocycles. The standard InChI is InChI=1S/C14H30N2/c1-4-13(3)11-16(5-2)10-9-14(12-15)7-6-8-14/h13H,4-12,15H2,1-3H3. The van der Waals surface area contributed by atoms with E-state index in [0.29, 0.717) is 5.41 Å². The van der Waals surface area contributed by atoms with Gasteiger partial charge in [-0.25, -0.2) is 0 Å². The van der Waals surface area contributed by atoms with Crippen LogP contribution in [0, 0.1) is 11.3 Å². The Labute approximate surface area is 102 Å². The fraction of sp³-hybridized carbons (Fsp3) is 1.00. The second-order valence-electron chi connectivity index (χ2n) is 5.71. The lowest BCUT2D eigenvalue weighted by Gasteiger charge is -2.42. The lowest BCUT2D eigenvalue weighted by Crippen LogP contribution is -2.41. The normalized spacial score (nSPS) is 20.8. The minimum atomic E-state index is 0.517. The topological polar surface area (TPSA) is 29.3 Å². The molecule has 0 saturated heterocycles. The maximum atomic E-state index is 5.91. The fourth-order valence-corrected chi connectivity index (χ4v) is 2.58. The van der Waals surface area contributed by atoms with Crippen LogP contribution in [0.25, 0.3) is 0 Å².